The van der Waals surface area contributed by atoms with Gasteiger partial charge in [0.25, 0.3) is 0 Å². The first-order chi connectivity index (χ1) is 13.1. The number of hydrogen-bond acceptors (Lipinski definition) is 6. The Labute approximate surface area is 160 Å². The molecule has 2 saturated heterocycles. The molecule has 27 heavy (non-hydrogen) atoms. The summed E-state index contributed by atoms with van der Waals surface area (Å²) in [5, 5.41) is 9.40. The number of aryl methyl sites for hydroxylation is 1. The van der Waals surface area contributed by atoms with Crippen molar-refractivity contribution in [2.75, 3.05) is 57.8 Å². The first kappa shape index (κ1) is 19.6. The molecule has 1 aromatic rings. The topological polar surface area (TPSA) is 95.6 Å². The number of nitrogens with one attached hydrogen (secondary N) is 3. The quantitative estimate of drug-likeness (QED) is 0.606. The predicted molar refractivity (Wildman–Crippen MR) is 102 cm³/mol. The van der Waals surface area contributed by atoms with Crippen LogP contribution in [0.3, 0.4) is 0 Å². The van der Waals surface area contributed by atoms with Crippen molar-refractivity contribution in [3.8, 4) is 0 Å². The highest BCUT2D eigenvalue weighted by molar-refractivity contribution is 5.83. The van der Waals surface area contributed by atoms with E-state index in [1.807, 2.05) is 24.0 Å². The molecule has 2 atom stereocenters. The zero-order valence-electron chi connectivity index (χ0n) is 15.9. The summed E-state index contributed by atoms with van der Waals surface area (Å²) in [6.45, 7) is 6.88. The molecule has 0 aliphatic carbocycles. The van der Waals surface area contributed by atoms with E-state index in [1.54, 1.807) is 6.20 Å². The molecule has 148 valence electrons. The normalized spacial score (nSPS) is 22.9. The number of piperidine rings is 1. The zero-order chi connectivity index (χ0) is 19.1. The van der Waals surface area contributed by atoms with Gasteiger partial charge in [0.05, 0.1) is 25.0 Å². The molecular formula is C19H29N5O3. The number of pyridine rings is 1. The molecule has 3 N–H and O–H groups in total. The highest BCUT2D eigenvalue weighted by Crippen LogP contribution is 2.19. The van der Waals surface area contributed by atoms with Crippen LogP contribution in [0, 0.1) is 18.8 Å². The van der Waals surface area contributed by atoms with Crippen molar-refractivity contribution in [3.63, 3.8) is 0 Å². The second kappa shape index (κ2) is 9.66. The van der Waals surface area contributed by atoms with Crippen molar-refractivity contribution in [1.29, 1.82) is 0 Å². The van der Waals surface area contributed by atoms with E-state index in [2.05, 4.69) is 20.9 Å². The van der Waals surface area contributed by atoms with E-state index < -0.39 is 0 Å². The van der Waals surface area contributed by atoms with Crippen LogP contribution in [0.5, 0.6) is 0 Å². The monoisotopic (exact) mass is 375 g/mol. The Hall–Kier alpha value is -2.19. The fraction of sp³-hybridized carbons (Fsp3) is 0.632. The third-order valence-electron chi connectivity index (χ3n) is 5.04. The summed E-state index contributed by atoms with van der Waals surface area (Å²) in [4.78, 5) is 31.2. The molecule has 0 aromatic carbocycles. The van der Waals surface area contributed by atoms with Crippen molar-refractivity contribution in [3.05, 3.63) is 23.9 Å². The SMILES string of the molecule is Cc1ccnc(NCCNC(=O)[C@@H]2CNC[C@@H](C(=O)N3CCOCC3)C2)c1. The van der Waals surface area contributed by atoms with Crippen molar-refractivity contribution < 1.29 is 14.3 Å². The summed E-state index contributed by atoms with van der Waals surface area (Å²) in [6, 6.07) is 3.91. The van der Waals surface area contributed by atoms with Gasteiger partial charge in [-0.2, -0.15) is 0 Å². The molecule has 2 aliphatic rings. The lowest BCUT2D eigenvalue weighted by Gasteiger charge is -2.34. The van der Waals surface area contributed by atoms with Gasteiger partial charge in [0, 0.05) is 45.5 Å². The Balaban J connectivity index is 1.40. The third-order valence-corrected chi connectivity index (χ3v) is 5.04. The number of aromatic nitrogens is 1. The molecule has 0 spiro atoms. The highest BCUT2D eigenvalue weighted by atomic mass is 16.5. The molecule has 2 fully saturated rings. The van der Waals surface area contributed by atoms with Crippen LogP contribution < -0.4 is 16.0 Å². The largest absolute Gasteiger partial charge is 0.378 e. The summed E-state index contributed by atoms with van der Waals surface area (Å²) in [5.41, 5.74) is 1.14. The number of nitrogens with zero attached hydrogens (tertiary/aromatic N) is 2. The zero-order valence-corrected chi connectivity index (χ0v) is 15.9. The number of ether oxygens (including phenoxy) is 1. The lowest BCUT2D eigenvalue weighted by molar-refractivity contribution is -0.141. The van der Waals surface area contributed by atoms with Crippen LogP contribution in [0.2, 0.25) is 0 Å². The number of amides is 2. The van der Waals surface area contributed by atoms with Crippen molar-refractivity contribution in [2.45, 2.75) is 13.3 Å². The second-order valence-corrected chi connectivity index (χ2v) is 7.16. The van der Waals surface area contributed by atoms with E-state index in [0.717, 1.165) is 11.4 Å². The first-order valence-corrected chi connectivity index (χ1v) is 9.65. The van der Waals surface area contributed by atoms with Crippen LogP contribution in [0.4, 0.5) is 5.82 Å². The first-order valence-electron chi connectivity index (χ1n) is 9.65. The fourth-order valence-corrected chi connectivity index (χ4v) is 3.53. The molecule has 8 nitrogen and oxygen atoms in total. The lowest BCUT2D eigenvalue weighted by Crippen LogP contribution is -2.51. The number of morpholine rings is 1. The molecule has 1 aromatic heterocycles. The van der Waals surface area contributed by atoms with Crippen LogP contribution in [0.15, 0.2) is 18.3 Å². The standard InChI is InChI=1S/C19H29N5O3/c1-14-2-3-21-17(10-14)22-4-5-23-18(25)15-11-16(13-20-12-15)19(26)24-6-8-27-9-7-24/h2-3,10,15-16,20H,4-9,11-13H2,1H3,(H,21,22)(H,23,25)/t15-,16-/m0/s1. The molecule has 2 aliphatic heterocycles. The maximum Gasteiger partial charge on any atom is 0.227 e. The highest BCUT2D eigenvalue weighted by Gasteiger charge is 2.33. The molecule has 8 heteroatoms. The molecule has 3 heterocycles. The van der Waals surface area contributed by atoms with E-state index in [9.17, 15) is 9.59 Å². The Morgan fingerprint density at radius 1 is 1.26 bits per heavy atom. The van der Waals surface area contributed by atoms with Gasteiger partial charge in [-0.25, -0.2) is 4.98 Å². The molecule has 0 radical (unpaired) electrons. The van der Waals surface area contributed by atoms with Gasteiger partial charge < -0.3 is 25.6 Å². The molecule has 0 unspecified atom stereocenters. The van der Waals surface area contributed by atoms with Crippen LogP contribution in [0.25, 0.3) is 0 Å². The second-order valence-electron chi connectivity index (χ2n) is 7.16. The summed E-state index contributed by atoms with van der Waals surface area (Å²) >= 11 is 0. The van der Waals surface area contributed by atoms with E-state index in [-0.39, 0.29) is 23.7 Å². The minimum Gasteiger partial charge on any atom is -0.378 e. The van der Waals surface area contributed by atoms with Gasteiger partial charge in [0.2, 0.25) is 11.8 Å². The van der Waals surface area contributed by atoms with Crippen LogP contribution in [-0.4, -0.2) is 74.2 Å². The molecule has 2 amide bonds. The maximum atomic E-state index is 12.6. The van der Waals surface area contributed by atoms with Crippen LogP contribution in [-0.2, 0) is 14.3 Å². The van der Waals surface area contributed by atoms with Crippen molar-refractivity contribution >= 4 is 17.6 Å². The Bertz CT molecular complexity index is 648. The predicted octanol–water partition coefficient (Wildman–Crippen LogP) is 0.00262. The van der Waals surface area contributed by atoms with Crippen LogP contribution >= 0.6 is 0 Å². The summed E-state index contributed by atoms with van der Waals surface area (Å²) in [7, 11) is 0. The Morgan fingerprint density at radius 2 is 2.04 bits per heavy atom. The van der Waals surface area contributed by atoms with Gasteiger partial charge in [-0.1, -0.05) is 0 Å². The Morgan fingerprint density at radius 3 is 2.81 bits per heavy atom. The summed E-state index contributed by atoms with van der Waals surface area (Å²) < 4.78 is 5.31. The molecule has 0 bridgehead atoms. The minimum absolute atomic E-state index is 0.000906. The summed E-state index contributed by atoms with van der Waals surface area (Å²) in [6.07, 6.45) is 2.36. The summed E-state index contributed by atoms with van der Waals surface area (Å²) in [5.74, 6) is 0.629. The van der Waals surface area contributed by atoms with Gasteiger partial charge in [0.1, 0.15) is 5.82 Å². The van der Waals surface area contributed by atoms with Gasteiger partial charge in [-0.3, -0.25) is 9.59 Å². The van der Waals surface area contributed by atoms with Gasteiger partial charge in [-0.05, 0) is 31.0 Å². The Kier molecular flexibility index (Phi) is 7.00. The van der Waals surface area contributed by atoms with Crippen molar-refractivity contribution in [2.24, 2.45) is 11.8 Å². The van der Waals surface area contributed by atoms with Crippen LogP contribution in [0.1, 0.15) is 12.0 Å². The number of carbonyl (C=O) groups is 2. The molecular weight excluding hydrogens is 346 g/mol. The van der Waals surface area contributed by atoms with E-state index in [1.165, 1.54) is 0 Å². The smallest absolute Gasteiger partial charge is 0.227 e. The maximum absolute atomic E-state index is 12.6. The minimum atomic E-state index is -0.175. The van der Waals surface area contributed by atoms with E-state index >= 15 is 0 Å². The van der Waals surface area contributed by atoms with Gasteiger partial charge in [0.15, 0.2) is 0 Å². The third kappa shape index (κ3) is 5.64. The average Bonchev–Trinajstić information content (AvgIpc) is 2.71. The van der Waals surface area contributed by atoms with Gasteiger partial charge in [-0.15, -0.1) is 0 Å². The van der Waals surface area contributed by atoms with E-state index in [0.29, 0.717) is 58.9 Å². The van der Waals surface area contributed by atoms with Crippen molar-refractivity contribution in [1.82, 2.24) is 20.5 Å². The molecule has 0 saturated carbocycles. The lowest BCUT2D eigenvalue weighted by atomic mass is 9.88. The number of hydrogen-bond donors (Lipinski definition) is 3. The number of carbonyl (C=O) groups excluding carboxylic acids is 2. The fourth-order valence-electron chi connectivity index (χ4n) is 3.53. The average molecular weight is 375 g/mol. The van der Waals surface area contributed by atoms with E-state index in [4.69, 9.17) is 4.74 Å². The molecule has 3 rings (SSSR count). The number of rotatable bonds is 6. The number of anilines is 1. The van der Waals surface area contributed by atoms with Gasteiger partial charge >= 0.3 is 0 Å².